The number of pyridine rings is 1. The maximum Gasteiger partial charge on any atom is 0.410 e. The molecule has 26 heavy (non-hydrogen) atoms. The number of cyclic esters (lactones) is 1. The Morgan fingerprint density at radius 2 is 2.12 bits per heavy atom. The largest absolute Gasteiger partial charge is 0.444 e. The third-order valence-electron chi connectivity index (χ3n) is 4.99. The van der Waals surface area contributed by atoms with Crippen molar-refractivity contribution in [3.8, 4) is 0 Å². The summed E-state index contributed by atoms with van der Waals surface area (Å²) in [6.45, 7) is 6.15. The standard InChI is InChI=1S/C19H27N3O3S/c1-3-12-26-17-16(6-5-9-20-17)18(23)21-10-7-14(8-11-21)22-13-15(4-2)25-19(22)24/h5-6,9,14-15H,3-4,7-8,10-13H2,1-2H3. The number of piperidine rings is 1. The molecule has 1 aromatic rings. The van der Waals surface area contributed by atoms with E-state index in [1.54, 1.807) is 18.0 Å². The molecule has 3 rings (SSSR count). The zero-order valence-electron chi connectivity index (χ0n) is 15.5. The van der Waals surface area contributed by atoms with Crippen molar-refractivity contribution in [1.82, 2.24) is 14.8 Å². The maximum absolute atomic E-state index is 12.9. The van der Waals surface area contributed by atoms with Crippen LogP contribution in [-0.2, 0) is 4.74 Å². The Hall–Kier alpha value is -1.76. The van der Waals surface area contributed by atoms with Gasteiger partial charge in [0.2, 0.25) is 0 Å². The van der Waals surface area contributed by atoms with E-state index >= 15 is 0 Å². The Morgan fingerprint density at radius 1 is 1.35 bits per heavy atom. The maximum atomic E-state index is 12.9. The number of thioether (sulfide) groups is 1. The monoisotopic (exact) mass is 377 g/mol. The van der Waals surface area contributed by atoms with E-state index in [2.05, 4.69) is 11.9 Å². The number of carbonyl (C=O) groups is 2. The van der Waals surface area contributed by atoms with Gasteiger partial charge in [-0.3, -0.25) is 4.79 Å². The Bertz CT molecular complexity index is 647. The molecule has 142 valence electrons. The molecule has 0 aliphatic carbocycles. The summed E-state index contributed by atoms with van der Waals surface area (Å²) in [6.07, 6.45) is 5.04. The van der Waals surface area contributed by atoms with Crippen LogP contribution in [-0.4, -0.2) is 64.3 Å². The molecule has 2 fully saturated rings. The van der Waals surface area contributed by atoms with Gasteiger partial charge in [0.15, 0.2) is 0 Å². The van der Waals surface area contributed by atoms with Crippen molar-refractivity contribution >= 4 is 23.8 Å². The second-order valence-electron chi connectivity index (χ2n) is 6.79. The van der Waals surface area contributed by atoms with E-state index < -0.39 is 0 Å². The summed E-state index contributed by atoms with van der Waals surface area (Å²) in [7, 11) is 0. The Morgan fingerprint density at radius 3 is 2.77 bits per heavy atom. The summed E-state index contributed by atoms with van der Waals surface area (Å²) >= 11 is 1.64. The Balaban J connectivity index is 1.60. The highest BCUT2D eigenvalue weighted by molar-refractivity contribution is 7.99. The average molecular weight is 378 g/mol. The number of likely N-dealkylation sites (tertiary alicyclic amines) is 1. The van der Waals surface area contributed by atoms with Crippen LogP contribution in [0.5, 0.6) is 0 Å². The molecular weight excluding hydrogens is 350 g/mol. The van der Waals surface area contributed by atoms with Crippen molar-refractivity contribution in [2.75, 3.05) is 25.4 Å². The van der Waals surface area contributed by atoms with Crippen molar-refractivity contribution in [1.29, 1.82) is 0 Å². The predicted octanol–water partition coefficient (Wildman–Crippen LogP) is 3.42. The molecule has 0 spiro atoms. The van der Waals surface area contributed by atoms with Crippen LogP contribution in [0.15, 0.2) is 23.4 Å². The second-order valence-corrected chi connectivity index (χ2v) is 7.88. The number of ether oxygens (including phenoxy) is 1. The predicted molar refractivity (Wildman–Crippen MR) is 101 cm³/mol. The Labute approximate surface area is 159 Å². The van der Waals surface area contributed by atoms with Gasteiger partial charge in [0.05, 0.1) is 12.1 Å². The summed E-state index contributed by atoms with van der Waals surface area (Å²) in [4.78, 5) is 33.1. The van der Waals surface area contributed by atoms with Crippen LogP contribution in [0, 0.1) is 0 Å². The first-order valence-electron chi connectivity index (χ1n) is 9.48. The number of hydrogen-bond acceptors (Lipinski definition) is 5. The van der Waals surface area contributed by atoms with Crippen molar-refractivity contribution in [3.05, 3.63) is 23.9 Å². The molecule has 2 amide bonds. The topological polar surface area (TPSA) is 62.7 Å². The van der Waals surface area contributed by atoms with E-state index in [0.29, 0.717) is 25.2 Å². The average Bonchev–Trinajstić information content (AvgIpc) is 3.07. The van der Waals surface area contributed by atoms with E-state index in [9.17, 15) is 9.59 Å². The lowest BCUT2D eigenvalue weighted by atomic mass is 10.0. The van der Waals surface area contributed by atoms with Gasteiger partial charge >= 0.3 is 6.09 Å². The van der Waals surface area contributed by atoms with E-state index in [0.717, 1.165) is 36.5 Å². The molecule has 7 heteroatoms. The van der Waals surface area contributed by atoms with Gasteiger partial charge in [0.1, 0.15) is 11.1 Å². The molecule has 1 aromatic heterocycles. The molecular formula is C19H27N3O3S. The first-order valence-corrected chi connectivity index (χ1v) is 10.5. The number of amides is 2. The number of rotatable bonds is 6. The van der Waals surface area contributed by atoms with Crippen LogP contribution in [0.2, 0.25) is 0 Å². The number of hydrogen-bond donors (Lipinski definition) is 0. The van der Waals surface area contributed by atoms with Gasteiger partial charge in [-0.25, -0.2) is 9.78 Å². The van der Waals surface area contributed by atoms with Crippen molar-refractivity contribution in [2.45, 2.75) is 56.7 Å². The summed E-state index contributed by atoms with van der Waals surface area (Å²) < 4.78 is 5.37. The van der Waals surface area contributed by atoms with Crippen molar-refractivity contribution in [2.24, 2.45) is 0 Å². The third-order valence-corrected chi connectivity index (χ3v) is 6.21. The van der Waals surface area contributed by atoms with Crippen LogP contribution in [0.3, 0.4) is 0 Å². The number of aromatic nitrogens is 1. The minimum absolute atomic E-state index is 0.00991. The second kappa shape index (κ2) is 8.75. The highest BCUT2D eigenvalue weighted by Gasteiger charge is 2.37. The first-order chi connectivity index (χ1) is 12.6. The summed E-state index contributed by atoms with van der Waals surface area (Å²) in [5.41, 5.74) is 0.691. The molecule has 0 aromatic carbocycles. The minimum atomic E-state index is -0.202. The lowest BCUT2D eigenvalue weighted by Crippen LogP contribution is -2.47. The minimum Gasteiger partial charge on any atom is -0.444 e. The van der Waals surface area contributed by atoms with E-state index in [-0.39, 0.29) is 24.1 Å². The molecule has 0 bridgehead atoms. The van der Waals surface area contributed by atoms with Gasteiger partial charge in [-0.2, -0.15) is 0 Å². The van der Waals surface area contributed by atoms with Gasteiger partial charge in [-0.15, -0.1) is 11.8 Å². The van der Waals surface area contributed by atoms with Crippen LogP contribution >= 0.6 is 11.8 Å². The summed E-state index contributed by atoms with van der Waals surface area (Å²) in [5.74, 6) is 1.00. The smallest absolute Gasteiger partial charge is 0.410 e. The Kier molecular flexibility index (Phi) is 6.40. The molecule has 0 saturated carbocycles. The third kappa shape index (κ3) is 4.14. The quantitative estimate of drug-likeness (QED) is 0.711. The van der Waals surface area contributed by atoms with Gasteiger partial charge in [-0.05, 0) is 43.6 Å². The molecule has 2 aliphatic heterocycles. The van der Waals surface area contributed by atoms with Crippen LogP contribution in [0.1, 0.15) is 49.9 Å². The molecule has 2 saturated heterocycles. The van der Waals surface area contributed by atoms with Gasteiger partial charge in [0, 0.05) is 25.3 Å². The van der Waals surface area contributed by atoms with Gasteiger partial charge in [-0.1, -0.05) is 13.8 Å². The fourth-order valence-electron chi connectivity index (χ4n) is 3.47. The number of nitrogens with zero attached hydrogens (tertiary/aromatic N) is 3. The van der Waals surface area contributed by atoms with E-state index in [1.165, 1.54) is 0 Å². The van der Waals surface area contributed by atoms with E-state index in [1.807, 2.05) is 28.9 Å². The highest BCUT2D eigenvalue weighted by atomic mass is 32.2. The lowest BCUT2D eigenvalue weighted by Gasteiger charge is -2.35. The molecule has 0 radical (unpaired) electrons. The molecule has 2 aliphatic rings. The molecule has 1 unspecified atom stereocenters. The van der Waals surface area contributed by atoms with Gasteiger partial charge in [0.25, 0.3) is 5.91 Å². The SMILES string of the molecule is CCCSc1ncccc1C(=O)N1CCC(N2CC(CC)OC2=O)CC1. The zero-order valence-corrected chi connectivity index (χ0v) is 16.3. The normalized spacial score (nSPS) is 21.2. The van der Waals surface area contributed by atoms with Crippen molar-refractivity contribution in [3.63, 3.8) is 0 Å². The van der Waals surface area contributed by atoms with Crippen LogP contribution in [0.4, 0.5) is 4.79 Å². The first kappa shape index (κ1) is 19.0. The van der Waals surface area contributed by atoms with Gasteiger partial charge < -0.3 is 14.5 Å². The molecule has 1 atom stereocenters. The number of carbonyl (C=O) groups excluding carboxylic acids is 2. The highest BCUT2D eigenvalue weighted by Crippen LogP contribution is 2.26. The lowest BCUT2D eigenvalue weighted by molar-refractivity contribution is 0.0654. The molecule has 0 N–H and O–H groups in total. The fraction of sp³-hybridized carbons (Fsp3) is 0.632. The van der Waals surface area contributed by atoms with Crippen molar-refractivity contribution < 1.29 is 14.3 Å². The molecule has 3 heterocycles. The molecule has 6 nitrogen and oxygen atoms in total. The van der Waals surface area contributed by atoms with Crippen LogP contribution < -0.4 is 0 Å². The zero-order chi connectivity index (χ0) is 18.5. The fourth-order valence-corrected chi connectivity index (χ4v) is 4.31. The van der Waals surface area contributed by atoms with Crippen LogP contribution in [0.25, 0.3) is 0 Å². The van der Waals surface area contributed by atoms with E-state index in [4.69, 9.17) is 4.74 Å². The summed E-state index contributed by atoms with van der Waals surface area (Å²) in [5, 5.41) is 0.815. The summed E-state index contributed by atoms with van der Waals surface area (Å²) in [6, 6.07) is 3.86.